The molecule has 3 N–H and O–H groups in total. The van der Waals surface area contributed by atoms with Gasteiger partial charge in [0.25, 0.3) is 0 Å². The van der Waals surface area contributed by atoms with Crippen LogP contribution in [0.4, 0.5) is 0 Å². The Labute approximate surface area is 169 Å². The van der Waals surface area contributed by atoms with Gasteiger partial charge in [-0.25, -0.2) is 13.1 Å². The predicted molar refractivity (Wildman–Crippen MR) is 115 cm³/mol. The second kappa shape index (κ2) is 11.7. The van der Waals surface area contributed by atoms with Gasteiger partial charge in [0.15, 0.2) is 5.96 Å². The van der Waals surface area contributed by atoms with Crippen LogP contribution in [0.5, 0.6) is 0 Å². The standard InChI is InChI=1S/C17H30N4O2S.HI/c1-6-18-17(21-15(5)13(2)3)19-11-12-20-24(22,23)16-9-7-14(4)8-10-16;/h7-10,13,15,20H,6,11-12H2,1-5H3,(H2,18,19,21);1H. The lowest BCUT2D eigenvalue weighted by Crippen LogP contribution is -2.44. The van der Waals surface area contributed by atoms with E-state index in [1.807, 2.05) is 13.8 Å². The SMILES string of the molecule is CCNC(=NCCNS(=O)(=O)c1ccc(C)cc1)NC(C)C(C)C.I. The Balaban J connectivity index is 0.00000576. The highest BCUT2D eigenvalue weighted by Gasteiger charge is 2.13. The van der Waals surface area contributed by atoms with Gasteiger partial charge in [-0.05, 0) is 38.8 Å². The molecule has 0 radical (unpaired) electrons. The van der Waals surface area contributed by atoms with Gasteiger partial charge >= 0.3 is 0 Å². The zero-order valence-corrected chi connectivity index (χ0v) is 18.8. The average molecular weight is 482 g/mol. The molecule has 0 fully saturated rings. The normalized spacial score (nSPS) is 13.3. The van der Waals surface area contributed by atoms with E-state index >= 15 is 0 Å². The molecular formula is C17H31IN4O2S. The number of rotatable bonds is 8. The third kappa shape index (κ3) is 8.87. The molecule has 6 nitrogen and oxygen atoms in total. The van der Waals surface area contributed by atoms with Crippen LogP contribution in [0.25, 0.3) is 0 Å². The van der Waals surface area contributed by atoms with Crippen molar-refractivity contribution < 1.29 is 8.42 Å². The molecule has 1 atom stereocenters. The Morgan fingerprint density at radius 3 is 2.28 bits per heavy atom. The van der Waals surface area contributed by atoms with Crippen LogP contribution in [0.15, 0.2) is 34.2 Å². The number of sulfonamides is 1. The van der Waals surface area contributed by atoms with Crippen LogP contribution in [0, 0.1) is 12.8 Å². The summed E-state index contributed by atoms with van der Waals surface area (Å²) in [6.07, 6.45) is 0. The van der Waals surface area contributed by atoms with Crippen molar-refractivity contribution in [2.45, 2.75) is 45.6 Å². The lowest BCUT2D eigenvalue weighted by molar-refractivity contribution is 0.481. The maximum absolute atomic E-state index is 12.2. The summed E-state index contributed by atoms with van der Waals surface area (Å²) in [6, 6.07) is 7.07. The van der Waals surface area contributed by atoms with E-state index in [4.69, 9.17) is 0 Å². The van der Waals surface area contributed by atoms with E-state index in [0.717, 1.165) is 12.1 Å². The molecule has 0 aromatic heterocycles. The molecule has 1 aromatic rings. The first kappa shape index (κ1) is 24.1. The first-order valence-corrected chi connectivity index (χ1v) is 9.85. The highest BCUT2D eigenvalue weighted by Crippen LogP contribution is 2.09. The Hall–Kier alpha value is -0.870. The first-order chi connectivity index (χ1) is 11.3. The van der Waals surface area contributed by atoms with Gasteiger partial charge in [-0.1, -0.05) is 31.5 Å². The number of hydrogen-bond acceptors (Lipinski definition) is 3. The van der Waals surface area contributed by atoms with E-state index in [2.05, 4.69) is 41.1 Å². The van der Waals surface area contributed by atoms with Gasteiger partial charge in [-0.2, -0.15) is 0 Å². The number of aryl methyl sites for hydroxylation is 1. The summed E-state index contributed by atoms with van der Waals surface area (Å²) in [5.41, 5.74) is 1.03. The molecule has 0 saturated heterocycles. The molecular weight excluding hydrogens is 451 g/mol. The molecule has 1 rings (SSSR count). The van der Waals surface area contributed by atoms with Crippen LogP contribution < -0.4 is 15.4 Å². The van der Waals surface area contributed by atoms with Gasteiger partial charge in [0.1, 0.15) is 0 Å². The maximum Gasteiger partial charge on any atom is 0.240 e. The van der Waals surface area contributed by atoms with Crippen LogP contribution in [0.1, 0.15) is 33.3 Å². The van der Waals surface area contributed by atoms with Crippen molar-refractivity contribution in [1.82, 2.24) is 15.4 Å². The smallest absolute Gasteiger partial charge is 0.240 e. The van der Waals surface area contributed by atoms with Gasteiger partial charge in [-0.15, -0.1) is 24.0 Å². The van der Waals surface area contributed by atoms with Crippen LogP contribution in [0.3, 0.4) is 0 Å². The topological polar surface area (TPSA) is 82.6 Å². The molecule has 0 aliphatic carbocycles. The lowest BCUT2D eigenvalue weighted by Gasteiger charge is -2.20. The van der Waals surface area contributed by atoms with E-state index in [1.165, 1.54) is 0 Å². The molecule has 25 heavy (non-hydrogen) atoms. The molecule has 0 heterocycles. The highest BCUT2D eigenvalue weighted by molar-refractivity contribution is 14.0. The fourth-order valence-electron chi connectivity index (χ4n) is 1.85. The van der Waals surface area contributed by atoms with E-state index in [1.54, 1.807) is 24.3 Å². The molecule has 0 amide bonds. The zero-order chi connectivity index (χ0) is 18.2. The summed E-state index contributed by atoms with van der Waals surface area (Å²) in [7, 11) is -3.48. The van der Waals surface area contributed by atoms with Crippen LogP contribution in [-0.2, 0) is 10.0 Å². The molecule has 8 heteroatoms. The number of nitrogens with one attached hydrogen (secondary N) is 3. The van der Waals surface area contributed by atoms with Gasteiger partial charge < -0.3 is 10.6 Å². The summed E-state index contributed by atoms with van der Waals surface area (Å²) in [4.78, 5) is 4.69. The minimum atomic E-state index is -3.48. The third-order valence-corrected chi connectivity index (χ3v) is 5.19. The van der Waals surface area contributed by atoms with Crippen molar-refractivity contribution in [3.05, 3.63) is 29.8 Å². The second-order valence-electron chi connectivity index (χ2n) is 6.15. The van der Waals surface area contributed by atoms with Crippen molar-refractivity contribution in [3.63, 3.8) is 0 Å². The molecule has 0 saturated carbocycles. The summed E-state index contributed by atoms with van der Waals surface area (Å²) in [5, 5.41) is 6.48. The summed E-state index contributed by atoms with van der Waals surface area (Å²) in [5.74, 6) is 1.18. The first-order valence-electron chi connectivity index (χ1n) is 8.37. The van der Waals surface area contributed by atoms with Crippen molar-refractivity contribution in [2.24, 2.45) is 10.9 Å². The Morgan fingerprint density at radius 2 is 1.76 bits per heavy atom. The van der Waals surface area contributed by atoms with E-state index in [0.29, 0.717) is 18.4 Å². The lowest BCUT2D eigenvalue weighted by atomic mass is 10.1. The quantitative estimate of drug-likeness (QED) is 0.230. The van der Waals surface area contributed by atoms with Crippen molar-refractivity contribution >= 4 is 40.0 Å². The number of benzene rings is 1. The second-order valence-corrected chi connectivity index (χ2v) is 7.92. The molecule has 1 unspecified atom stereocenters. The number of hydrogen-bond donors (Lipinski definition) is 3. The minimum absolute atomic E-state index is 0. The van der Waals surface area contributed by atoms with Crippen LogP contribution in [-0.4, -0.2) is 40.1 Å². The fraction of sp³-hybridized carbons (Fsp3) is 0.588. The number of aliphatic imine (C=N–C) groups is 1. The van der Waals surface area contributed by atoms with Gasteiger partial charge in [0, 0.05) is 19.1 Å². The summed E-state index contributed by atoms with van der Waals surface area (Å²) in [6.45, 7) is 11.7. The Bertz CT molecular complexity index is 631. The van der Waals surface area contributed by atoms with E-state index in [-0.39, 0.29) is 41.5 Å². The molecule has 144 valence electrons. The van der Waals surface area contributed by atoms with Gasteiger partial charge in [0.2, 0.25) is 10.0 Å². The number of guanidine groups is 1. The molecule has 0 bridgehead atoms. The molecule has 0 aliphatic heterocycles. The molecule has 0 aliphatic rings. The Kier molecular flexibility index (Phi) is 11.3. The van der Waals surface area contributed by atoms with Crippen molar-refractivity contribution in [1.29, 1.82) is 0 Å². The fourth-order valence-corrected chi connectivity index (χ4v) is 2.87. The molecule has 0 spiro atoms. The predicted octanol–water partition coefficient (Wildman–Crippen LogP) is 2.49. The maximum atomic E-state index is 12.2. The third-order valence-electron chi connectivity index (χ3n) is 3.71. The monoisotopic (exact) mass is 482 g/mol. The average Bonchev–Trinajstić information content (AvgIpc) is 2.52. The largest absolute Gasteiger partial charge is 0.357 e. The minimum Gasteiger partial charge on any atom is -0.357 e. The van der Waals surface area contributed by atoms with Crippen molar-refractivity contribution in [3.8, 4) is 0 Å². The zero-order valence-electron chi connectivity index (χ0n) is 15.7. The summed E-state index contributed by atoms with van der Waals surface area (Å²) >= 11 is 0. The number of halogens is 1. The van der Waals surface area contributed by atoms with E-state index < -0.39 is 10.0 Å². The van der Waals surface area contributed by atoms with Gasteiger partial charge in [0.05, 0.1) is 11.4 Å². The van der Waals surface area contributed by atoms with E-state index in [9.17, 15) is 8.42 Å². The van der Waals surface area contributed by atoms with Crippen LogP contribution in [0.2, 0.25) is 0 Å². The number of nitrogens with zero attached hydrogens (tertiary/aromatic N) is 1. The summed E-state index contributed by atoms with van der Waals surface area (Å²) < 4.78 is 27.0. The Morgan fingerprint density at radius 1 is 1.16 bits per heavy atom. The highest BCUT2D eigenvalue weighted by atomic mass is 127. The van der Waals surface area contributed by atoms with Crippen LogP contribution >= 0.6 is 24.0 Å². The van der Waals surface area contributed by atoms with Crippen molar-refractivity contribution in [2.75, 3.05) is 19.6 Å². The molecule has 1 aromatic carbocycles. The van der Waals surface area contributed by atoms with Gasteiger partial charge in [-0.3, -0.25) is 4.99 Å².